The molecule has 0 N–H and O–H groups in total. The zero-order chi connectivity index (χ0) is 37.2. The average molecular weight is 719 g/mol. The second-order valence-electron chi connectivity index (χ2n) is 17.2. The summed E-state index contributed by atoms with van der Waals surface area (Å²) < 4.78 is 59.2. The molecule has 0 aromatic carbocycles. The van der Waals surface area contributed by atoms with Crippen LogP contribution in [0, 0.1) is 0 Å². The van der Waals surface area contributed by atoms with Gasteiger partial charge in [0.1, 0.15) is 0 Å². The average Bonchev–Trinajstić information content (AvgIpc) is 3.52. The molecule has 0 saturated carbocycles. The van der Waals surface area contributed by atoms with Crippen LogP contribution in [-0.2, 0) is 33.0 Å². The van der Waals surface area contributed by atoms with Crippen LogP contribution in [0.2, 0.25) is 0 Å². The van der Waals surface area contributed by atoms with Gasteiger partial charge in [-0.05, 0) is 89.4 Å². The molecule has 0 spiro atoms. The van der Waals surface area contributed by atoms with E-state index in [-0.39, 0.29) is 21.7 Å². The van der Waals surface area contributed by atoms with Crippen molar-refractivity contribution in [1.82, 2.24) is 0 Å². The Balaban J connectivity index is 0.000000698. The summed E-state index contributed by atoms with van der Waals surface area (Å²) in [4.78, 5) is 1.32. The molecule has 49 heavy (non-hydrogen) atoms. The topological polar surface area (TPSA) is 0 Å². The number of fused-ring (bicyclic) bond motifs is 2. The van der Waals surface area contributed by atoms with Crippen LogP contribution in [0.25, 0.3) is 27.8 Å². The van der Waals surface area contributed by atoms with E-state index in [2.05, 4.69) is 161 Å². The fourth-order valence-electron chi connectivity index (χ4n) is 6.19. The Morgan fingerprint density at radius 3 is 1.08 bits per heavy atom. The standard InChI is InChI=1S/C41H49S.F6P/c1-38(2,3)26-15-19-28-30(21-17-26)34(40(7,8)9)24-32(28)37(36-14-13-23-42-36)33-25-35(41(10,11)12)31-22-18-27(39(4,5)6)16-20-29(31)33;1-7(2,3,4,5)6/h13-25H,1-12H3;/q+1;-1. The Bertz CT molecular complexity index is 1780. The molecule has 8 heteroatoms. The molecular weight excluding hydrogens is 669 g/mol. The van der Waals surface area contributed by atoms with Crippen LogP contribution in [0.3, 0.4) is 0 Å². The van der Waals surface area contributed by atoms with Gasteiger partial charge in [0, 0.05) is 12.2 Å². The Morgan fingerprint density at radius 2 is 0.816 bits per heavy atom. The predicted octanol–water partition coefficient (Wildman–Crippen LogP) is 14.7. The molecule has 4 aliphatic carbocycles. The molecular formula is C41H49F6PS. The van der Waals surface area contributed by atoms with Crippen molar-refractivity contribution in [2.45, 2.75) is 105 Å². The van der Waals surface area contributed by atoms with Gasteiger partial charge >= 0.3 is 33.0 Å². The van der Waals surface area contributed by atoms with E-state index in [4.69, 9.17) is 0 Å². The number of halogens is 6. The van der Waals surface area contributed by atoms with Crippen molar-refractivity contribution in [1.29, 1.82) is 0 Å². The van der Waals surface area contributed by atoms with Crippen molar-refractivity contribution < 1.29 is 25.2 Å². The van der Waals surface area contributed by atoms with Crippen LogP contribution in [-0.4, -0.2) is 5.37 Å². The molecule has 1 aliphatic heterocycles. The summed E-state index contributed by atoms with van der Waals surface area (Å²) in [5.74, 6) is 0. The minimum absolute atomic E-state index is 0.0199. The Hall–Kier alpha value is -3.02. The summed E-state index contributed by atoms with van der Waals surface area (Å²) in [6.45, 7) is 27.9. The molecule has 0 fully saturated rings. The molecule has 0 radical (unpaired) electrons. The van der Waals surface area contributed by atoms with Crippen LogP contribution < -0.4 is 0 Å². The van der Waals surface area contributed by atoms with Crippen molar-refractivity contribution in [3.8, 4) is 22.3 Å². The fourth-order valence-corrected chi connectivity index (χ4v) is 6.99. The van der Waals surface area contributed by atoms with E-state index >= 15 is 0 Å². The van der Waals surface area contributed by atoms with Gasteiger partial charge < -0.3 is 0 Å². The third-order valence-electron chi connectivity index (χ3n) is 8.69. The zero-order valence-corrected chi connectivity index (χ0v) is 32.3. The molecule has 0 aromatic heterocycles. The van der Waals surface area contributed by atoms with Crippen LogP contribution in [0.4, 0.5) is 25.2 Å². The van der Waals surface area contributed by atoms with E-state index < -0.39 is 7.81 Å². The monoisotopic (exact) mass is 718 g/mol. The van der Waals surface area contributed by atoms with Gasteiger partial charge in [0.2, 0.25) is 16.3 Å². The first kappa shape index (κ1) is 38.8. The second-order valence-corrected chi connectivity index (χ2v) is 20.0. The first-order valence-corrected chi connectivity index (χ1v) is 19.4. The first-order chi connectivity index (χ1) is 21.8. The zero-order valence-electron chi connectivity index (χ0n) is 30.6. The van der Waals surface area contributed by atoms with E-state index in [0.717, 1.165) is 0 Å². The molecule has 0 amide bonds. The second kappa shape index (κ2) is 11.8. The molecule has 1 heterocycles. The van der Waals surface area contributed by atoms with Crippen LogP contribution in [0.5, 0.6) is 0 Å². The number of hydrogen-bond acceptors (Lipinski definition) is 0. The molecule has 266 valence electrons. The molecule has 5 rings (SSSR count). The summed E-state index contributed by atoms with van der Waals surface area (Å²) >= 11 is 1.84. The Morgan fingerprint density at radius 1 is 0.490 bits per heavy atom. The van der Waals surface area contributed by atoms with Crippen molar-refractivity contribution in [3.05, 3.63) is 111 Å². The normalized spacial score (nSPS) is 15.7. The van der Waals surface area contributed by atoms with Gasteiger partial charge in [0.25, 0.3) is 0 Å². The maximum atomic E-state index is 9.87. The summed E-state index contributed by atoms with van der Waals surface area (Å²) in [5, 5.41) is 2.22. The van der Waals surface area contributed by atoms with E-state index in [0.29, 0.717) is 0 Å². The molecule has 0 aromatic rings. The molecule has 0 bridgehead atoms. The maximum absolute atomic E-state index is 10.7. The quantitative estimate of drug-likeness (QED) is 0.0838. The molecule has 0 atom stereocenters. The molecule has 0 saturated heterocycles. The van der Waals surface area contributed by atoms with Gasteiger partial charge in [-0.3, -0.25) is 0 Å². The third kappa shape index (κ3) is 9.82. The van der Waals surface area contributed by atoms with Gasteiger partial charge in [-0.1, -0.05) is 132 Å². The number of rotatable bonds is 2. The molecule has 0 nitrogen and oxygen atoms in total. The van der Waals surface area contributed by atoms with Gasteiger partial charge in [-0.15, -0.1) is 0 Å². The van der Waals surface area contributed by atoms with E-state index in [9.17, 15) is 25.2 Å². The molecule has 5 aliphatic rings. The summed E-state index contributed by atoms with van der Waals surface area (Å²) in [5.41, 5.74) is 15.1. The van der Waals surface area contributed by atoms with Crippen LogP contribution in [0.1, 0.15) is 116 Å². The van der Waals surface area contributed by atoms with Gasteiger partial charge in [-0.25, -0.2) is 0 Å². The number of hydrogen-bond donors (Lipinski definition) is 0. The third-order valence-corrected chi connectivity index (χ3v) is 9.58. The van der Waals surface area contributed by atoms with Crippen molar-refractivity contribution in [2.24, 2.45) is 0 Å². The van der Waals surface area contributed by atoms with Crippen LogP contribution >= 0.6 is 7.81 Å². The minimum atomic E-state index is -10.7. The van der Waals surface area contributed by atoms with E-state index in [1.807, 2.05) is 11.4 Å². The Labute approximate surface area is 292 Å². The van der Waals surface area contributed by atoms with Gasteiger partial charge in [0.15, 0.2) is 5.37 Å². The summed E-state index contributed by atoms with van der Waals surface area (Å²) in [6, 6.07) is 23.9. The van der Waals surface area contributed by atoms with Gasteiger partial charge in [-0.2, -0.15) is 0 Å². The first-order valence-electron chi connectivity index (χ1n) is 16.5. The SMILES string of the molecule is CC(C)(C)c1ccc2c(C(=C3C=CC=[S+]3)c3cc(C(C)(C)C)c4ccc(C(C)(C)C)ccc3-4)cc(C(C)(C)C)c-2cc1.F[P-](F)(F)(F)(F)F. The summed E-state index contributed by atoms with van der Waals surface area (Å²) in [7, 11) is -10.7. The molecule has 0 unspecified atom stereocenters. The van der Waals surface area contributed by atoms with Crippen molar-refractivity contribution in [3.63, 3.8) is 0 Å². The number of allylic oxidation sites excluding steroid dienone is 2. The van der Waals surface area contributed by atoms with Gasteiger partial charge in [0.05, 0.1) is 5.57 Å². The summed E-state index contributed by atoms with van der Waals surface area (Å²) in [6.07, 6.45) is 4.50. The van der Waals surface area contributed by atoms with E-state index in [1.165, 1.54) is 66.1 Å². The van der Waals surface area contributed by atoms with Crippen molar-refractivity contribution in [2.75, 3.05) is 0 Å². The van der Waals surface area contributed by atoms with Crippen molar-refractivity contribution >= 4 is 30.1 Å². The predicted molar refractivity (Wildman–Crippen MR) is 203 cm³/mol. The van der Waals surface area contributed by atoms with E-state index in [1.54, 1.807) is 0 Å². The fraction of sp³-hybridized carbons (Fsp3) is 0.390. The van der Waals surface area contributed by atoms with Crippen LogP contribution in [0.15, 0.2) is 77.7 Å². The Kier molecular flexibility index (Phi) is 9.31.